The minimum Gasteiger partial charge on any atom is -0.381 e. The van der Waals surface area contributed by atoms with Gasteiger partial charge in [0.2, 0.25) is 10.0 Å². The molecular formula is C31H40ClN7O4S. The number of carbonyl (C=O) groups is 1. The third-order valence-electron chi connectivity index (χ3n) is 8.81. The molecule has 2 fully saturated rings. The van der Waals surface area contributed by atoms with Gasteiger partial charge in [0.05, 0.1) is 10.5 Å². The van der Waals surface area contributed by atoms with Gasteiger partial charge in [-0.3, -0.25) is 9.89 Å². The standard InChI is InChI=1S/C31H40ClN7O4S/c1-31(2)20-39(44(41,42)24-6-4-5-21(32)17-24)19-26-28(31)35-36-29(26)34-30(40)25-8-7-23(38-13-11-37(3)12-14-38)18-27(25)33-22-9-15-43-16-10-22/h4-8,17-18,22,33H,9-16,19-20H2,1-3H3,(H2,34,35,36,40). The highest BCUT2D eigenvalue weighted by atomic mass is 35.5. The van der Waals surface area contributed by atoms with E-state index in [-0.39, 0.29) is 29.9 Å². The number of rotatable bonds is 7. The van der Waals surface area contributed by atoms with Crippen LogP contribution in [0.5, 0.6) is 0 Å². The molecule has 3 N–H and O–H groups in total. The molecular weight excluding hydrogens is 602 g/mol. The van der Waals surface area contributed by atoms with Crippen LogP contribution in [0.2, 0.25) is 5.02 Å². The number of hydrogen-bond donors (Lipinski definition) is 3. The molecule has 0 unspecified atom stereocenters. The maximum Gasteiger partial charge on any atom is 0.258 e. The van der Waals surface area contributed by atoms with Crippen molar-refractivity contribution in [2.45, 2.75) is 49.6 Å². The summed E-state index contributed by atoms with van der Waals surface area (Å²) in [4.78, 5) is 18.7. The van der Waals surface area contributed by atoms with Crippen LogP contribution >= 0.6 is 11.6 Å². The third kappa shape index (κ3) is 6.32. The van der Waals surface area contributed by atoms with Crippen molar-refractivity contribution in [2.24, 2.45) is 0 Å². The van der Waals surface area contributed by atoms with Crippen LogP contribution in [0, 0.1) is 0 Å². The van der Waals surface area contributed by atoms with Crippen LogP contribution in [-0.4, -0.2) is 92.8 Å². The quantitative estimate of drug-likeness (QED) is 0.352. The number of likely N-dealkylation sites (N-methyl/N-ethyl adjacent to an activating group) is 1. The second kappa shape index (κ2) is 12.3. The lowest BCUT2D eigenvalue weighted by Gasteiger charge is -2.37. The Morgan fingerprint density at radius 2 is 1.84 bits per heavy atom. The molecule has 4 heterocycles. The molecule has 0 saturated carbocycles. The largest absolute Gasteiger partial charge is 0.381 e. The number of amides is 1. The number of aromatic nitrogens is 2. The number of carbonyl (C=O) groups excluding carboxylic acids is 1. The Kier molecular flexibility index (Phi) is 8.64. The molecule has 3 aliphatic rings. The van der Waals surface area contributed by atoms with Gasteiger partial charge in [0.15, 0.2) is 5.82 Å². The van der Waals surface area contributed by atoms with Gasteiger partial charge in [-0.2, -0.15) is 9.40 Å². The Labute approximate surface area is 263 Å². The highest BCUT2D eigenvalue weighted by Gasteiger charge is 2.41. The summed E-state index contributed by atoms with van der Waals surface area (Å²) in [6.07, 6.45) is 1.72. The molecule has 0 aliphatic carbocycles. The van der Waals surface area contributed by atoms with Crippen molar-refractivity contribution in [3.63, 3.8) is 0 Å². The van der Waals surface area contributed by atoms with Crippen LogP contribution in [0.4, 0.5) is 17.2 Å². The zero-order chi connectivity index (χ0) is 31.1. The van der Waals surface area contributed by atoms with E-state index in [1.54, 1.807) is 18.2 Å². The highest BCUT2D eigenvalue weighted by molar-refractivity contribution is 7.89. The normalized spacial score (nSPS) is 19.9. The fourth-order valence-corrected chi connectivity index (χ4v) is 8.10. The van der Waals surface area contributed by atoms with Gasteiger partial charge >= 0.3 is 0 Å². The van der Waals surface area contributed by atoms with Gasteiger partial charge in [0.25, 0.3) is 5.91 Å². The minimum atomic E-state index is -3.85. The molecule has 2 aromatic carbocycles. The molecule has 3 aliphatic heterocycles. The number of ether oxygens (including phenoxy) is 1. The van der Waals surface area contributed by atoms with E-state index in [2.05, 4.69) is 43.7 Å². The molecule has 11 nitrogen and oxygen atoms in total. The molecule has 0 atom stereocenters. The summed E-state index contributed by atoms with van der Waals surface area (Å²) in [6, 6.07) is 12.4. The molecule has 0 radical (unpaired) electrons. The van der Waals surface area contributed by atoms with E-state index >= 15 is 0 Å². The number of aromatic amines is 1. The van der Waals surface area contributed by atoms with Crippen molar-refractivity contribution in [2.75, 3.05) is 68.5 Å². The first kappa shape index (κ1) is 30.8. The SMILES string of the molecule is CN1CCN(c2ccc(C(=O)Nc3n[nH]c4c3CN(S(=O)(=O)c3cccc(Cl)c3)CC4(C)C)c(NC3CCOCC3)c2)CC1. The number of anilines is 3. The van der Waals surface area contributed by atoms with E-state index < -0.39 is 15.4 Å². The van der Waals surface area contributed by atoms with E-state index in [1.165, 1.54) is 10.4 Å². The molecule has 44 heavy (non-hydrogen) atoms. The Balaban J connectivity index is 1.28. The molecule has 1 amide bonds. The predicted octanol–water partition coefficient (Wildman–Crippen LogP) is 4.14. The zero-order valence-electron chi connectivity index (χ0n) is 25.4. The second-order valence-corrected chi connectivity index (χ2v) is 14.9. The van der Waals surface area contributed by atoms with E-state index in [4.69, 9.17) is 16.3 Å². The molecule has 6 rings (SSSR count). The average molecular weight is 642 g/mol. The highest BCUT2D eigenvalue weighted by Crippen LogP contribution is 2.38. The lowest BCUT2D eigenvalue weighted by molar-refractivity contribution is 0.0904. The van der Waals surface area contributed by atoms with E-state index in [0.717, 1.165) is 56.1 Å². The van der Waals surface area contributed by atoms with Gasteiger partial charge in [0.1, 0.15) is 0 Å². The molecule has 236 valence electrons. The van der Waals surface area contributed by atoms with Gasteiger partial charge in [0, 0.05) is 91.6 Å². The van der Waals surface area contributed by atoms with Gasteiger partial charge in [-0.1, -0.05) is 31.5 Å². The number of sulfonamides is 1. The average Bonchev–Trinajstić information content (AvgIpc) is 3.41. The van der Waals surface area contributed by atoms with Crippen LogP contribution in [0.15, 0.2) is 47.4 Å². The van der Waals surface area contributed by atoms with Gasteiger partial charge in [-0.15, -0.1) is 0 Å². The van der Waals surface area contributed by atoms with Crippen molar-refractivity contribution in [3.05, 3.63) is 64.3 Å². The fourth-order valence-electron chi connectivity index (χ4n) is 6.23. The summed E-state index contributed by atoms with van der Waals surface area (Å²) in [5, 5.41) is 14.5. The Bertz CT molecular complexity index is 1630. The van der Waals surface area contributed by atoms with Gasteiger partial charge in [-0.25, -0.2) is 8.42 Å². The van der Waals surface area contributed by atoms with Crippen LogP contribution in [-0.2, 0) is 26.7 Å². The van der Waals surface area contributed by atoms with Gasteiger partial charge in [-0.05, 0) is 56.3 Å². The lowest BCUT2D eigenvalue weighted by Crippen LogP contribution is -2.45. The van der Waals surface area contributed by atoms with Crippen molar-refractivity contribution < 1.29 is 17.9 Å². The van der Waals surface area contributed by atoms with Crippen molar-refractivity contribution >= 4 is 44.7 Å². The van der Waals surface area contributed by atoms with E-state index in [1.807, 2.05) is 26.0 Å². The number of fused-ring (bicyclic) bond motifs is 1. The van der Waals surface area contributed by atoms with Crippen LogP contribution < -0.4 is 15.5 Å². The molecule has 0 spiro atoms. The first-order valence-electron chi connectivity index (χ1n) is 15.1. The topological polar surface area (TPSA) is 123 Å². The summed E-state index contributed by atoms with van der Waals surface area (Å²) >= 11 is 6.12. The van der Waals surface area contributed by atoms with E-state index in [9.17, 15) is 13.2 Å². The molecule has 2 saturated heterocycles. The molecule has 13 heteroatoms. The zero-order valence-corrected chi connectivity index (χ0v) is 27.0. The summed E-state index contributed by atoms with van der Waals surface area (Å²) < 4.78 is 34.3. The maximum absolute atomic E-state index is 13.9. The second-order valence-electron chi connectivity index (χ2n) is 12.5. The third-order valence-corrected chi connectivity index (χ3v) is 10.8. The Hall–Kier alpha value is -3.16. The summed E-state index contributed by atoms with van der Waals surface area (Å²) in [5.74, 6) is 0.00986. The number of hydrogen-bond acceptors (Lipinski definition) is 8. The van der Waals surface area contributed by atoms with Crippen LogP contribution in [0.3, 0.4) is 0 Å². The van der Waals surface area contributed by atoms with E-state index in [0.29, 0.717) is 35.2 Å². The summed E-state index contributed by atoms with van der Waals surface area (Å²) in [6.45, 7) is 9.40. The van der Waals surface area contributed by atoms with Crippen molar-refractivity contribution in [1.29, 1.82) is 0 Å². The first-order valence-corrected chi connectivity index (χ1v) is 16.9. The number of nitrogens with zero attached hydrogens (tertiary/aromatic N) is 4. The monoisotopic (exact) mass is 641 g/mol. The summed E-state index contributed by atoms with van der Waals surface area (Å²) in [7, 11) is -1.72. The van der Waals surface area contributed by atoms with Crippen molar-refractivity contribution in [3.8, 4) is 0 Å². The van der Waals surface area contributed by atoms with Crippen LogP contribution in [0.1, 0.15) is 48.3 Å². The number of halogens is 1. The molecule has 1 aromatic heterocycles. The number of piperazine rings is 1. The summed E-state index contributed by atoms with van der Waals surface area (Å²) in [5.41, 5.74) is 3.22. The number of H-pyrrole nitrogens is 1. The Morgan fingerprint density at radius 1 is 1.09 bits per heavy atom. The Morgan fingerprint density at radius 3 is 2.57 bits per heavy atom. The molecule has 3 aromatic rings. The van der Waals surface area contributed by atoms with Crippen molar-refractivity contribution in [1.82, 2.24) is 19.4 Å². The number of benzene rings is 2. The lowest BCUT2D eigenvalue weighted by atomic mass is 9.84. The van der Waals surface area contributed by atoms with Gasteiger partial charge < -0.3 is 25.2 Å². The smallest absolute Gasteiger partial charge is 0.258 e. The number of nitrogens with one attached hydrogen (secondary N) is 3. The first-order chi connectivity index (χ1) is 21.0. The molecule has 0 bridgehead atoms. The maximum atomic E-state index is 13.9. The minimum absolute atomic E-state index is 0.0647. The van der Waals surface area contributed by atoms with Crippen LogP contribution in [0.25, 0.3) is 0 Å². The fraction of sp³-hybridized carbons (Fsp3) is 0.484. The predicted molar refractivity (Wildman–Crippen MR) is 172 cm³/mol.